The minimum absolute atomic E-state index is 0.0440. The van der Waals surface area contributed by atoms with Gasteiger partial charge in [-0.15, -0.1) is 10.2 Å². The maximum absolute atomic E-state index is 10.3. The van der Waals surface area contributed by atoms with Crippen molar-refractivity contribution in [1.82, 2.24) is 20.4 Å². The third kappa shape index (κ3) is 3.66. The second-order valence-corrected chi connectivity index (χ2v) is 2.55. The molecule has 0 saturated heterocycles. The first-order valence-corrected chi connectivity index (χ1v) is 4.24. The van der Waals surface area contributed by atoms with E-state index in [1.807, 2.05) is 0 Å². The molecule has 7 nitrogen and oxygen atoms in total. The molecule has 2 heterocycles. The van der Waals surface area contributed by atoms with Crippen LogP contribution in [0.2, 0.25) is 0 Å². The van der Waals surface area contributed by atoms with Gasteiger partial charge in [-0.2, -0.15) is 0 Å². The third-order valence-corrected chi connectivity index (χ3v) is 1.48. The van der Waals surface area contributed by atoms with Crippen LogP contribution in [0.5, 0.6) is 0 Å². The Kier molecular flexibility index (Phi) is 4.33. The molecule has 0 amide bonds. The van der Waals surface area contributed by atoms with Crippen LogP contribution in [0.25, 0.3) is 0 Å². The number of nitrogens with two attached hydrogens (primary N) is 1. The minimum Gasteiger partial charge on any atom is -0.478 e. The van der Waals surface area contributed by atoms with Crippen molar-refractivity contribution in [2.75, 3.05) is 5.73 Å². The van der Waals surface area contributed by atoms with Crippen LogP contribution >= 0.6 is 0 Å². The molecule has 0 spiro atoms. The molecule has 0 bridgehead atoms. The quantitative estimate of drug-likeness (QED) is 0.705. The fourth-order valence-corrected chi connectivity index (χ4v) is 0.803. The molecule has 0 radical (unpaired) electrons. The van der Waals surface area contributed by atoms with Crippen molar-refractivity contribution in [3.8, 4) is 0 Å². The second kappa shape index (κ2) is 6.02. The van der Waals surface area contributed by atoms with Crippen LogP contribution in [0.4, 0.5) is 5.82 Å². The molecular weight excluding hydrogens is 210 g/mol. The predicted molar refractivity (Wildman–Crippen MR) is 55.4 cm³/mol. The number of nitrogen functional groups attached to an aromatic ring is 1. The van der Waals surface area contributed by atoms with Gasteiger partial charge in [-0.25, -0.2) is 9.78 Å². The molecule has 0 aliphatic heterocycles. The number of carboxylic acid groups (broad SMARTS) is 1. The number of hydrogen-bond acceptors (Lipinski definition) is 6. The van der Waals surface area contributed by atoms with Crippen LogP contribution in [-0.4, -0.2) is 31.5 Å². The van der Waals surface area contributed by atoms with E-state index in [1.54, 1.807) is 18.5 Å². The van der Waals surface area contributed by atoms with E-state index in [0.29, 0.717) is 0 Å². The largest absolute Gasteiger partial charge is 0.478 e. The van der Waals surface area contributed by atoms with Crippen molar-refractivity contribution in [1.29, 1.82) is 0 Å². The highest BCUT2D eigenvalue weighted by Gasteiger charge is 2.05. The highest BCUT2D eigenvalue weighted by molar-refractivity contribution is 5.92. The lowest BCUT2D eigenvalue weighted by Gasteiger charge is -1.95. The first-order chi connectivity index (χ1) is 7.72. The Morgan fingerprint density at radius 2 is 1.88 bits per heavy atom. The van der Waals surface area contributed by atoms with Gasteiger partial charge in [0.1, 0.15) is 11.4 Å². The lowest BCUT2D eigenvalue weighted by atomic mass is 10.3. The first-order valence-electron chi connectivity index (χ1n) is 4.24. The number of carbonyl (C=O) groups is 1. The lowest BCUT2D eigenvalue weighted by Crippen LogP contribution is -2.03. The topological polar surface area (TPSA) is 115 Å². The number of nitrogens with zero attached hydrogens (tertiary/aromatic N) is 4. The lowest BCUT2D eigenvalue weighted by molar-refractivity contribution is 0.0697. The van der Waals surface area contributed by atoms with E-state index in [4.69, 9.17) is 10.8 Å². The summed E-state index contributed by atoms with van der Waals surface area (Å²) >= 11 is 0. The third-order valence-electron chi connectivity index (χ3n) is 1.48. The van der Waals surface area contributed by atoms with E-state index in [2.05, 4.69) is 20.4 Å². The van der Waals surface area contributed by atoms with Gasteiger partial charge in [0.25, 0.3) is 0 Å². The number of aromatic nitrogens is 4. The van der Waals surface area contributed by atoms with Crippen molar-refractivity contribution >= 4 is 11.8 Å². The van der Waals surface area contributed by atoms with Crippen LogP contribution < -0.4 is 5.73 Å². The van der Waals surface area contributed by atoms with Gasteiger partial charge in [0.2, 0.25) is 0 Å². The molecule has 0 fully saturated rings. The van der Waals surface area contributed by atoms with Crippen LogP contribution in [0.1, 0.15) is 10.4 Å². The SMILES string of the molecule is Nc1ncccc1C(=O)O.c1cnnnc1. The van der Waals surface area contributed by atoms with Gasteiger partial charge in [-0.05, 0) is 23.4 Å². The van der Waals surface area contributed by atoms with E-state index in [9.17, 15) is 4.79 Å². The summed E-state index contributed by atoms with van der Waals surface area (Å²) in [5.41, 5.74) is 5.27. The maximum Gasteiger partial charge on any atom is 0.339 e. The van der Waals surface area contributed by atoms with Gasteiger partial charge in [0, 0.05) is 6.20 Å². The number of aromatic carboxylic acids is 1. The molecule has 0 unspecified atom stereocenters. The molecule has 7 heteroatoms. The Bertz CT molecular complexity index is 422. The summed E-state index contributed by atoms with van der Waals surface area (Å²) in [6, 6.07) is 4.65. The van der Waals surface area contributed by atoms with Gasteiger partial charge < -0.3 is 10.8 Å². The summed E-state index contributed by atoms with van der Waals surface area (Å²) in [7, 11) is 0. The number of carboxylic acids is 1. The van der Waals surface area contributed by atoms with Crippen molar-refractivity contribution < 1.29 is 9.90 Å². The number of anilines is 1. The fraction of sp³-hybridized carbons (Fsp3) is 0. The van der Waals surface area contributed by atoms with Crippen molar-refractivity contribution in [2.24, 2.45) is 0 Å². The van der Waals surface area contributed by atoms with Gasteiger partial charge in [0.15, 0.2) is 0 Å². The summed E-state index contributed by atoms with van der Waals surface area (Å²) in [4.78, 5) is 13.9. The van der Waals surface area contributed by atoms with Gasteiger partial charge in [-0.1, -0.05) is 0 Å². The second-order valence-electron chi connectivity index (χ2n) is 2.55. The molecule has 2 rings (SSSR count). The molecule has 82 valence electrons. The zero-order valence-corrected chi connectivity index (χ0v) is 8.19. The Morgan fingerprint density at radius 1 is 1.19 bits per heavy atom. The van der Waals surface area contributed by atoms with E-state index >= 15 is 0 Å². The Hall–Kier alpha value is -2.57. The highest BCUT2D eigenvalue weighted by Crippen LogP contribution is 2.05. The normalized spacial score (nSPS) is 8.75. The molecule has 2 aromatic rings. The van der Waals surface area contributed by atoms with E-state index < -0.39 is 5.97 Å². The monoisotopic (exact) mass is 219 g/mol. The Balaban J connectivity index is 0.000000181. The fourth-order valence-electron chi connectivity index (χ4n) is 0.803. The van der Waals surface area contributed by atoms with Gasteiger partial charge in [-0.3, -0.25) is 0 Å². The number of hydrogen-bond donors (Lipinski definition) is 2. The Morgan fingerprint density at radius 3 is 2.19 bits per heavy atom. The summed E-state index contributed by atoms with van der Waals surface area (Å²) in [5.74, 6) is -0.999. The number of pyridine rings is 1. The standard InChI is InChI=1S/C6H6N2O2.C3H3N3/c7-5-4(6(9)10)2-1-3-8-5;1-2-4-6-5-3-1/h1-3H,(H2,7,8)(H,9,10);1-3H. The summed E-state index contributed by atoms with van der Waals surface area (Å²) in [6.07, 6.45) is 4.60. The number of rotatable bonds is 1. The molecule has 0 aliphatic carbocycles. The average Bonchev–Trinajstić information content (AvgIpc) is 2.32. The van der Waals surface area contributed by atoms with Crippen molar-refractivity contribution in [3.05, 3.63) is 42.4 Å². The summed E-state index contributed by atoms with van der Waals surface area (Å²) in [6.45, 7) is 0. The van der Waals surface area contributed by atoms with Gasteiger partial charge >= 0.3 is 5.97 Å². The molecular formula is C9H9N5O2. The zero-order chi connectivity index (χ0) is 11.8. The maximum atomic E-state index is 10.3. The molecule has 16 heavy (non-hydrogen) atoms. The van der Waals surface area contributed by atoms with Crippen LogP contribution in [0.3, 0.4) is 0 Å². The molecule has 0 atom stereocenters. The van der Waals surface area contributed by atoms with Crippen LogP contribution in [-0.2, 0) is 0 Å². The summed E-state index contributed by atoms with van der Waals surface area (Å²) in [5, 5.41) is 18.6. The van der Waals surface area contributed by atoms with E-state index in [1.165, 1.54) is 18.3 Å². The zero-order valence-electron chi connectivity index (χ0n) is 8.19. The molecule has 0 aliphatic rings. The van der Waals surface area contributed by atoms with Crippen LogP contribution in [0, 0.1) is 0 Å². The van der Waals surface area contributed by atoms with Gasteiger partial charge in [0.05, 0.1) is 12.4 Å². The van der Waals surface area contributed by atoms with E-state index in [0.717, 1.165) is 0 Å². The van der Waals surface area contributed by atoms with E-state index in [-0.39, 0.29) is 11.4 Å². The predicted octanol–water partition coefficient (Wildman–Crippen LogP) is 0.234. The van der Waals surface area contributed by atoms with Crippen LogP contribution in [0.15, 0.2) is 36.8 Å². The molecule has 3 N–H and O–H groups in total. The molecule has 0 saturated carbocycles. The Labute approximate surface area is 91.0 Å². The molecule has 2 aromatic heterocycles. The molecule has 0 aromatic carbocycles. The van der Waals surface area contributed by atoms with Crippen molar-refractivity contribution in [2.45, 2.75) is 0 Å². The minimum atomic E-state index is -1.05. The van der Waals surface area contributed by atoms with Crippen molar-refractivity contribution in [3.63, 3.8) is 0 Å². The average molecular weight is 219 g/mol. The summed E-state index contributed by atoms with van der Waals surface area (Å²) < 4.78 is 0. The smallest absolute Gasteiger partial charge is 0.339 e. The first kappa shape index (κ1) is 11.5. The highest BCUT2D eigenvalue weighted by atomic mass is 16.4.